The van der Waals surface area contributed by atoms with Gasteiger partial charge in [0.05, 0.1) is 32.9 Å². The Morgan fingerprint density at radius 1 is 1.27 bits per heavy atom. The Hall–Kier alpha value is -3.14. The monoisotopic (exact) mass is 433 g/mol. The number of phenolic OH excluding ortho intramolecular Hbond substituents is 1. The first-order chi connectivity index (χ1) is 14.5. The van der Waals surface area contributed by atoms with Crippen molar-refractivity contribution < 1.29 is 28.9 Å². The van der Waals surface area contributed by atoms with Crippen LogP contribution in [0.3, 0.4) is 0 Å². The highest BCUT2D eigenvalue weighted by Crippen LogP contribution is 2.43. The lowest BCUT2D eigenvalue weighted by Gasteiger charge is -2.28. The molecule has 3 N–H and O–H groups in total. The number of thiophene rings is 1. The second-order valence-corrected chi connectivity index (χ2v) is 8.01. The number of hydrogen-bond acceptors (Lipinski definition) is 8. The number of ether oxygens (including phenoxy) is 3. The molecular weight excluding hydrogens is 410 g/mol. The van der Waals surface area contributed by atoms with Gasteiger partial charge in [0, 0.05) is 17.0 Å². The number of anilines is 1. The van der Waals surface area contributed by atoms with Gasteiger partial charge in [-0.15, -0.1) is 11.3 Å². The Kier molecular flexibility index (Phi) is 5.33. The lowest BCUT2D eigenvalue weighted by atomic mass is 10.0. The first-order valence-electron chi connectivity index (χ1n) is 9.55. The highest BCUT2D eigenvalue weighted by Gasteiger charge is 2.35. The van der Waals surface area contributed by atoms with Crippen molar-refractivity contribution in [2.24, 2.45) is 0 Å². The molecule has 0 saturated heterocycles. The maximum Gasteiger partial charge on any atom is 0.410 e. The van der Waals surface area contributed by atoms with E-state index in [0.717, 1.165) is 15.4 Å². The molecule has 2 aromatic rings. The third-order valence-electron chi connectivity index (χ3n) is 5.20. The van der Waals surface area contributed by atoms with Gasteiger partial charge in [0.2, 0.25) is 5.75 Å². The zero-order chi connectivity index (χ0) is 21.4. The predicted molar refractivity (Wildman–Crippen MR) is 110 cm³/mol. The molecule has 0 aliphatic carbocycles. The van der Waals surface area contributed by atoms with Gasteiger partial charge in [-0.05, 0) is 31.0 Å². The highest BCUT2D eigenvalue weighted by molar-refractivity contribution is 7.16. The van der Waals surface area contributed by atoms with Crippen LogP contribution in [0, 0.1) is 0 Å². The molecule has 2 amide bonds. The van der Waals surface area contributed by atoms with Crippen LogP contribution in [0.1, 0.15) is 39.5 Å². The summed E-state index contributed by atoms with van der Waals surface area (Å²) in [6.07, 6.45) is -0.261. The Morgan fingerprint density at radius 2 is 1.97 bits per heavy atom. The third-order valence-corrected chi connectivity index (χ3v) is 6.34. The van der Waals surface area contributed by atoms with Gasteiger partial charge >= 0.3 is 6.09 Å². The average Bonchev–Trinajstić information content (AvgIpc) is 3.12. The fraction of sp³-hybridized carbons (Fsp3) is 0.400. The van der Waals surface area contributed by atoms with Crippen molar-refractivity contribution in [1.82, 2.24) is 10.2 Å². The number of methoxy groups -OCH3 is 2. The van der Waals surface area contributed by atoms with Crippen molar-refractivity contribution in [3.63, 3.8) is 0 Å². The molecule has 0 radical (unpaired) electrons. The van der Waals surface area contributed by atoms with Gasteiger partial charge in [-0.3, -0.25) is 4.79 Å². The SMILES string of the molecule is CCOC(=O)N1CCc2c(sc3c2C(=O)N[C@@H](c2cc(OC)c(O)c(OC)c2)N3)C1. The maximum absolute atomic E-state index is 12.9. The van der Waals surface area contributed by atoms with E-state index < -0.39 is 6.17 Å². The van der Waals surface area contributed by atoms with Crippen LogP contribution in [0.5, 0.6) is 17.2 Å². The van der Waals surface area contributed by atoms with Crippen molar-refractivity contribution in [1.29, 1.82) is 0 Å². The van der Waals surface area contributed by atoms with Crippen LogP contribution >= 0.6 is 11.3 Å². The number of benzene rings is 1. The molecule has 160 valence electrons. The van der Waals surface area contributed by atoms with E-state index >= 15 is 0 Å². The molecule has 30 heavy (non-hydrogen) atoms. The number of phenols is 1. The summed E-state index contributed by atoms with van der Waals surface area (Å²) in [5, 5.41) is 17.2. The van der Waals surface area contributed by atoms with Crippen LogP contribution in [-0.4, -0.2) is 49.4 Å². The van der Waals surface area contributed by atoms with Crippen LogP contribution in [0.2, 0.25) is 0 Å². The van der Waals surface area contributed by atoms with Gasteiger partial charge in [-0.25, -0.2) is 4.79 Å². The largest absolute Gasteiger partial charge is 0.502 e. The maximum atomic E-state index is 12.9. The van der Waals surface area contributed by atoms with Crippen LogP contribution in [0.4, 0.5) is 9.80 Å². The molecule has 4 rings (SSSR count). The second kappa shape index (κ2) is 7.94. The van der Waals surface area contributed by atoms with Crippen LogP contribution in [0.15, 0.2) is 12.1 Å². The summed E-state index contributed by atoms with van der Waals surface area (Å²) in [5.41, 5.74) is 2.28. The minimum absolute atomic E-state index is 0.0998. The van der Waals surface area contributed by atoms with Crippen LogP contribution in [-0.2, 0) is 17.7 Å². The molecule has 2 aliphatic heterocycles. The van der Waals surface area contributed by atoms with Crippen LogP contribution in [0.25, 0.3) is 0 Å². The minimum atomic E-state index is -0.519. The Bertz CT molecular complexity index is 980. The van der Waals surface area contributed by atoms with Gasteiger partial charge in [0.25, 0.3) is 5.91 Å². The first kappa shape index (κ1) is 20.1. The molecule has 9 nitrogen and oxygen atoms in total. The van der Waals surface area contributed by atoms with Crippen molar-refractivity contribution >= 4 is 28.3 Å². The molecule has 0 saturated carbocycles. The van der Waals surface area contributed by atoms with Gasteiger partial charge in [-0.1, -0.05) is 0 Å². The van der Waals surface area contributed by atoms with Crippen molar-refractivity contribution in [3.8, 4) is 17.2 Å². The van der Waals surface area contributed by atoms with E-state index in [2.05, 4.69) is 10.6 Å². The number of nitrogens with one attached hydrogen (secondary N) is 2. The highest BCUT2D eigenvalue weighted by atomic mass is 32.1. The number of carbonyl (C=O) groups is 2. The molecule has 1 aromatic carbocycles. The summed E-state index contributed by atoms with van der Waals surface area (Å²) in [7, 11) is 2.90. The molecule has 0 unspecified atom stereocenters. The topological polar surface area (TPSA) is 109 Å². The second-order valence-electron chi connectivity index (χ2n) is 6.90. The zero-order valence-electron chi connectivity index (χ0n) is 16.9. The minimum Gasteiger partial charge on any atom is -0.502 e. The molecule has 0 fully saturated rings. The van der Waals surface area contributed by atoms with Gasteiger partial charge in [-0.2, -0.15) is 0 Å². The fourth-order valence-corrected chi connectivity index (χ4v) is 5.02. The molecule has 1 aromatic heterocycles. The molecule has 3 heterocycles. The summed E-state index contributed by atoms with van der Waals surface area (Å²) < 4.78 is 15.5. The molecule has 1 atom stereocenters. The molecular formula is C20H23N3O6S. The van der Waals surface area contributed by atoms with Gasteiger partial charge < -0.3 is 34.9 Å². The van der Waals surface area contributed by atoms with Crippen molar-refractivity contribution in [3.05, 3.63) is 33.7 Å². The molecule has 0 spiro atoms. The van der Waals surface area contributed by atoms with E-state index in [1.54, 1.807) is 24.0 Å². The van der Waals surface area contributed by atoms with E-state index in [9.17, 15) is 14.7 Å². The third kappa shape index (κ3) is 3.36. The van der Waals surface area contributed by atoms with E-state index in [4.69, 9.17) is 14.2 Å². The van der Waals surface area contributed by atoms with E-state index in [0.29, 0.717) is 37.2 Å². The quantitative estimate of drug-likeness (QED) is 0.680. The number of amides is 2. The molecule has 10 heteroatoms. The summed E-state index contributed by atoms with van der Waals surface area (Å²) in [6.45, 7) is 3.04. The molecule has 2 aliphatic rings. The summed E-state index contributed by atoms with van der Waals surface area (Å²) in [6, 6.07) is 3.30. The summed E-state index contributed by atoms with van der Waals surface area (Å²) >= 11 is 1.47. The number of carbonyl (C=O) groups excluding carboxylic acids is 2. The Morgan fingerprint density at radius 3 is 2.60 bits per heavy atom. The summed E-state index contributed by atoms with van der Waals surface area (Å²) in [4.78, 5) is 27.6. The van der Waals surface area contributed by atoms with E-state index in [-0.39, 0.29) is 29.2 Å². The Balaban J connectivity index is 1.63. The van der Waals surface area contributed by atoms with Crippen molar-refractivity contribution in [2.45, 2.75) is 26.1 Å². The number of rotatable bonds is 4. The lowest BCUT2D eigenvalue weighted by molar-refractivity contribution is 0.0934. The van der Waals surface area contributed by atoms with Gasteiger partial charge in [0.15, 0.2) is 11.5 Å². The summed E-state index contributed by atoms with van der Waals surface area (Å²) in [5.74, 6) is 0.225. The van der Waals surface area contributed by atoms with Crippen molar-refractivity contribution in [2.75, 3.05) is 32.7 Å². The number of aromatic hydroxyl groups is 1. The normalized spacial score (nSPS) is 17.4. The van der Waals surface area contributed by atoms with Crippen LogP contribution < -0.4 is 20.1 Å². The number of nitrogens with zero attached hydrogens (tertiary/aromatic N) is 1. The van der Waals surface area contributed by atoms with Gasteiger partial charge in [0.1, 0.15) is 11.2 Å². The lowest BCUT2D eigenvalue weighted by Crippen LogP contribution is -2.39. The molecule has 0 bridgehead atoms. The predicted octanol–water partition coefficient (Wildman–Crippen LogP) is 2.84. The first-order valence-corrected chi connectivity index (χ1v) is 10.4. The smallest absolute Gasteiger partial charge is 0.410 e. The zero-order valence-corrected chi connectivity index (χ0v) is 17.7. The average molecular weight is 433 g/mol. The number of hydrogen-bond donors (Lipinski definition) is 3. The standard InChI is InChI=1S/C20H23N3O6S/c1-4-29-20(26)23-6-5-11-14(9-23)30-19-15(11)18(25)21-17(22-19)10-7-12(27-2)16(24)13(8-10)28-3/h7-8,17,22,24H,4-6,9H2,1-3H3,(H,21,25)/t17-/m1/s1. The fourth-order valence-electron chi connectivity index (χ4n) is 3.73. The van der Waals surface area contributed by atoms with E-state index in [1.807, 2.05) is 0 Å². The Labute approximate surface area is 177 Å². The van der Waals surface area contributed by atoms with E-state index in [1.165, 1.54) is 25.6 Å². The number of fused-ring (bicyclic) bond motifs is 3.